The predicted octanol–water partition coefficient (Wildman–Crippen LogP) is 4.25. The third-order valence-electron chi connectivity index (χ3n) is 3.51. The number of hydrogen-bond donors (Lipinski definition) is 2. The van der Waals surface area contributed by atoms with E-state index in [0.717, 1.165) is 10.6 Å². The maximum atomic E-state index is 14.2. The molecule has 2 aromatic rings. The lowest BCUT2D eigenvalue weighted by atomic mass is 10.2. The van der Waals surface area contributed by atoms with E-state index < -0.39 is 34.3 Å². The molecule has 0 saturated heterocycles. The van der Waals surface area contributed by atoms with Gasteiger partial charge in [-0.2, -0.15) is 13.2 Å². The van der Waals surface area contributed by atoms with Crippen molar-refractivity contribution in [1.82, 2.24) is 4.57 Å². The predicted molar refractivity (Wildman–Crippen MR) is 107 cm³/mol. The SMILES string of the molecule is CC.COc1cc(=O)n(C)c(Nc2ccc(C)cc2F)c1NS(=O)CC(F)(F)F. The molecule has 0 amide bonds. The van der Waals surface area contributed by atoms with E-state index in [9.17, 15) is 26.6 Å². The fourth-order valence-electron chi connectivity index (χ4n) is 2.23. The maximum Gasteiger partial charge on any atom is 0.402 e. The number of halogens is 4. The summed E-state index contributed by atoms with van der Waals surface area (Å²) in [6.07, 6.45) is -4.66. The summed E-state index contributed by atoms with van der Waals surface area (Å²) in [5.74, 6) is -2.48. The van der Waals surface area contributed by atoms with Gasteiger partial charge in [0, 0.05) is 13.1 Å². The molecule has 11 heteroatoms. The fourth-order valence-corrected chi connectivity index (χ4v) is 3.02. The molecular weight excluding hydrogens is 414 g/mol. The summed E-state index contributed by atoms with van der Waals surface area (Å²) in [5.41, 5.74) is -0.0908. The molecule has 6 nitrogen and oxygen atoms in total. The molecule has 1 aromatic carbocycles. The number of benzene rings is 1. The number of nitrogens with zero attached hydrogens (tertiary/aromatic N) is 1. The zero-order valence-corrected chi connectivity index (χ0v) is 17.4. The van der Waals surface area contributed by atoms with Gasteiger partial charge >= 0.3 is 6.18 Å². The van der Waals surface area contributed by atoms with Crippen molar-refractivity contribution >= 4 is 28.2 Å². The summed E-state index contributed by atoms with van der Waals surface area (Å²) in [6, 6.07) is 5.28. The van der Waals surface area contributed by atoms with Crippen LogP contribution in [0.25, 0.3) is 0 Å². The lowest BCUT2D eigenvalue weighted by molar-refractivity contribution is -0.105. The first-order valence-corrected chi connectivity index (χ1v) is 9.86. The van der Waals surface area contributed by atoms with Crippen LogP contribution in [0.4, 0.5) is 34.8 Å². The highest BCUT2D eigenvalue weighted by atomic mass is 32.2. The summed E-state index contributed by atoms with van der Waals surface area (Å²) in [6.45, 7) is 5.68. The number of anilines is 3. The van der Waals surface area contributed by atoms with Crippen LogP contribution in [0, 0.1) is 12.7 Å². The van der Waals surface area contributed by atoms with E-state index in [1.54, 1.807) is 13.0 Å². The summed E-state index contributed by atoms with van der Waals surface area (Å²) in [4.78, 5) is 12.1. The molecule has 2 rings (SSSR count). The molecule has 162 valence electrons. The summed E-state index contributed by atoms with van der Waals surface area (Å²) < 4.78 is 71.7. The van der Waals surface area contributed by atoms with Crippen LogP contribution in [0.5, 0.6) is 5.75 Å². The van der Waals surface area contributed by atoms with Gasteiger partial charge in [0.1, 0.15) is 34.1 Å². The molecule has 0 aliphatic heterocycles. The number of pyridine rings is 1. The van der Waals surface area contributed by atoms with Crippen LogP contribution >= 0.6 is 0 Å². The molecule has 0 saturated carbocycles. The summed E-state index contributed by atoms with van der Waals surface area (Å²) >= 11 is 0. The first-order chi connectivity index (χ1) is 13.5. The van der Waals surface area contributed by atoms with Gasteiger partial charge in [0.05, 0.1) is 12.8 Å². The van der Waals surface area contributed by atoms with Crippen LogP contribution in [-0.2, 0) is 18.0 Å². The number of hydrogen-bond acceptors (Lipinski definition) is 4. The minimum atomic E-state index is -4.66. The highest BCUT2D eigenvalue weighted by Crippen LogP contribution is 2.34. The average molecular weight is 437 g/mol. The van der Waals surface area contributed by atoms with Crippen molar-refractivity contribution in [2.24, 2.45) is 7.05 Å². The number of alkyl halides is 3. The Kier molecular flexibility index (Phi) is 8.68. The summed E-state index contributed by atoms with van der Waals surface area (Å²) in [7, 11) is -0.0239. The molecule has 0 aliphatic carbocycles. The van der Waals surface area contributed by atoms with E-state index >= 15 is 0 Å². The maximum absolute atomic E-state index is 14.2. The van der Waals surface area contributed by atoms with Gasteiger partial charge in [-0.05, 0) is 24.6 Å². The van der Waals surface area contributed by atoms with E-state index in [-0.39, 0.29) is 22.9 Å². The van der Waals surface area contributed by atoms with Gasteiger partial charge in [0.15, 0.2) is 5.75 Å². The van der Waals surface area contributed by atoms with Gasteiger partial charge in [0.25, 0.3) is 5.56 Å². The molecule has 1 heterocycles. The fraction of sp³-hybridized carbons (Fsp3) is 0.389. The van der Waals surface area contributed by atoms with Crippen LogP contribution in [0.1, 0.15) is 19.4 Å². The second kappa shape index (κ2) is 10.3. The van der Waals surface area contributed by atoms with Crippen LogP contribution < -0.4 is 20.3 Å². The van der Waals surface area contributed by atoms with Crippen molar-refractivity contribution in [1.29, 1.82) is 0 Å². The van der Waals surface area contributed by atoms with E-state index in [0.29, 0.717) is 5.56 Å². The molecule has 1 unspecified atom stereocenters. The van der Waals surface area contributed by atoms with E-state index in [2.05, 4.69) is 10.0 Å². The Morgan fingerprint density at radius 3 is 2.34 bits per heavy atom. The van der Waals surface area contributed by atoms with Crippen molar-refractivity contribution in [3.63, 3.8) is 0 Å². The Morgan fingerprint density at radius 2 is 1.83 bits per heavy atom. The van der Waals surface area contributed by atoms with Crippen LogP contribution in [0.3, 0.4) is 0 Å². The first-order valence-electron chi connectivity index (χ1n) is 8.55. The normalized spacial score (nSPS) is 11.9. The average Bonchev–Trinajstić information content (AvgIpc) is 2.63. The molecule has 0 spiro atoms. The van der Waals surface area contributed by atoms with Gasteiger partial charge in [-0.3, -0.25) is 14.1 Å². The van der Waals surface area contributed by atoms with Gasteiger partial charge in [-0.1, -0.05) is 19.9 Å². The molecule has 1 atom stereocenters. The largest absolute Gasteiger partial charge is 0.494 e. The smallest absolute Gasteiger partial charge is 0.402 e. The topological polar surface area (TPSA) is 72.4 Å². The van der Waals surface area contributed by atoms with Crippen molar-refractivity contribution in [3.8, 4) is 5.75 Å². The van der Waals surface area contributed by atoms with E-state index in [1.807, 2.05) is 13.8 Å². The van der Waals surface area contributed by atoms with E-state index in [4.69, 9.17) is 4.74 Å². The number of aryl methyl sites for hydroxylation is 1. The van der Waals surface area contributed by atoms with Gasteiger partial charge < -0.3 is 10.1 Å². The zero-order valence-electron chi connectivity index (χ0n) is 16.6. The van der Waals surface area contributed by atoms with Crippen molar-refractivity contribution < 1.29 is 26.5 Å². The van der Waals surface area contributed by atoms with E-state index in [1.165, 1.54) is 26.3 Å². The lowest BCUT2D eigenvalue weighted by Gasteiger charge is -2.20. The van der Waals surface area contributed by atoms with Gasteiger partial charge in [-0.15, -0.1) is 0 Å². The number of aromatic nitrogens is 1. The number of ether oxygens (including phenoxy) is 1. The quantitative estimate of drug-likeness (QED) is 0.663. The number of nitrogens with one attached hydrogen (secondary N) is 2. The molecular formula is C18H23F4N3O3S. The summed E-state index contributed by atoms with van der Waals surface area (Å²) in [5, 5.41) is 2.65. The second-order valence-corrected chi connectivity index (χ2v) is 6.83. The van der Waals surface area contributed by atoms with Crippen molar-refractivity contribution in [2.45, 2.75) is 26.9 Å². The molecule has 2 N–H and O–H groups in total. The van der Waals surface area contributed by atoms with Crippen molar-refractivity contribution in [2.75, 3.05) is 22.9 Å². The standard InChI is InChI=1S/C16H17F4N3O3S.C2H6/c1-9-4-5-11(10(17)6-9)21-15-14(22-27(25)8-16(18,19)20)12(26-3)7-13(24)23(15)2;1-2/h4-7,21-22H,8H2,1-3H3;1-2H3. The molecule has 0 bridgehead atoms. The Bertz CT molecular complexity index is 930. The third-order valence-corrected chi connectivity index (χ3v) is 4.53. The monoisotopic (exact) mass is 437 g/mol. The van der Waals surface area contributed by atoms with Gasteiger partial charge in [0.2, 0.25) is 0 Å². The lowest BCUT2D eigenvalue weighted by Crippen LogP contribution is -2.26. The molecule has 1 aromatic heterocycles. The van der Waals surface area contributed by atoms with Crippen LogP contribution in [0.2, 0.25) is 0 Å². The molecule has 29 heavy (non-hydrogen) atoms. The first kappa shape index (κ1) is 24.5. The minimum Gasteiger partial charge on any atom is -0.494 e. The Morgan fingerprint density at radius 1 is 1.21 bits per heavy atom. The number of methoxy groups -OCH3 is 1. The second-order valence-electron chi connectivity index (χ2n) is 5.65. The highest BCUT2D eigenvalue weighted by Gasteiger charge is 2.31. The highest BCUT2D eigenvalue weighted by molar-refractivity contribution is 7.86. The Hall–Kier alpha value is -2.56. The Labute approximate surface area is 168 Å². The van der Waals surface area contributed by atoms with Crippen LogP contribution in [-0.4, -0.2) is 27.8 Å². The zero-order chi connectivity index (χ0) is 22.4. The molecule has 0 radical (unpaired) electrons. The molecule has 0 aliphatic rings. The minimum absolute atomic E-state index is 0.0199. The van der Waals surface area contributed by atoms with Crippen molar-refractivity contribution in [3.05, 3.63) is 46.0 Å². The third kappa shape index (κ3) is 6.77. The number of rotatable bonds is 6. The van der Waals surface area contributed by atoms with Crippen LogP contribution in [0.15, 0.2) is 29.1 Å². The molecule has 0 fully saturated rings. The van der Waals surface area contributed by atoms with Gasteiger partial charge in [-0.25, -0.2) is 8.60 Å². The Balaban J connectivity index is 0.00000204.